The van der Waals surface area contributed by atoms with Crippen LogP contribution in [0.25, 0.3) is 17.0 Å². The fourth-order valence-corrected chi connectivity index (χ4v) is 5.27. The molecule has 4 heterocycles. The summed E-state index contributed by atoms with van der Waals surface area (Å²) in [5.41, 5.74) is 4.53. The number of fused-ring (bicyclic) bond motifs is 2. The molecule has 160 valence electrons. The molecule has 31 heavy (non-hydrogen) atoms. The number of rotatable bonds is 2. The maximum atomic E-state index is 13.0. The highest BCUT2D eigenvalue weighted by atomic mass is 32.1. The summed E-state index contributed by atoms with van der Waals surface area (Å²) in [5.74, 6) is -1.11. The SMILES string of the molecule is CCN1C(=O)C(=Cc2c(C)c3cc4c5c(c3oc2=O)CCCN5CCC4)C(=O)NC1=S. The molecule has 0 bridgehead atoms. The van der Waals surface area contributed by atoms with Gasteiger partial charge in [-0.3, -0.25) is 19.8 Å². The van der Waals surface area contributed by atoms with Gasteiger partial charge in [-0.05, 0) is 75.0 Å². The molecule has 1 aromatic carbocycles. The normalized spacial score (nSPS) is 19.8. The Morgan fingerprint density at radius 3 is 2.68 bits per heavy atom. The number of amides is 2. The van der Waals surface area contributed by atoms with Crippen LogP contribution >= 0.6 is 12.2 Å². The van der Waals surface area contributed by atoms with Gasteiger partial charge < -0.3 is 9.32 Å². The van der Waals surface area contributed by atoms with Crippen LogP contribution in [0.3, 0.4) is 0 Å². The van der Waals surface area contributed by atoms with Gasteiger partial charge in [0.2, 0.25) is 0 Å². The smallest absolute Gasteiger partial charge is 0.343 e. The number of aryl methyl sites for hydroxylation is 3. The zero-order chi connectivity index (χ0) is 21.9. The largest absolute Gasteiger partial charge is 0.422 e. The van der Waals surface area contributed by atoms with Crippen LogP contribution in [0.2, 0.25) is 0 Å². The lowest BCUT2D eigenvalue weighted by molar-refractivity contribution is -0.128. The zero-order valence-corrected chi connectivity index (χ0v) is 18.4. The Hall–Kier alpha value is -3.00. The summed E-state index contributed by atoms with van der Waals surface area (Å²) in [6.07, 6.45) is 5.35. The highest BCUT2D eigenvalue weighted by Gasteiger charge is 2.33. The Kier molecular flexibility index (Phi) is 4.69. The third kappa shape index (κ3) is 3.00. The van der Waals surface area contributed by atoms with Crippen molar-refractivity contribution < 1.29 is 14.0 Å². The topological polar surface area (TPSA) is 82.9 Å². The Bertz CT molecular complexity index is 1260. The number of benzene rings is 1. The van der Waals surface area contributed by atoms with Crippen molar-refractivity contribution >= 4 is 51.9 Å². The average Bonchev–Trinajstić information content (AvgIpc) is 2.74. The molecule has 0 spiro atoms. The van der Waals surface area contributed by atoms with Crippen LogP contribution in [0.5, 0.6) is 0 Å². The van der Waals surface area contributed by atoms with E-state index in [9.17, 15) is 14.4 Å². The van der Waals surface area contributed by atoms with Crippen LogP contribution in [-0.2, 0) is 22.4 Å². The van der Waals surface area contributed by atoms with Crippen LogP contribution < -0.4 is 15.8 Å². The van der Waals surface area contributed by atoms with E-state index in [0.29, 0.717) is 12.1 Å². The lowest BCUT2D eigenvalue weighted by atomic mass is 9.88. The third-order valence-electron chi connectivity index (χ3n) is 6.49. The predicted molar refractivity (Wildman–Crippen MR) is 122 cm³/mol. The maximum Gasteiger partial charge on any atom is 0.343 e. The highest BCUT2D eigenvalue weighted by Crippen LogP contribution is 2.40. The van der Waals surface area contributed by atoms with Gasteiger partial charge in [0.15, 0.2) is 5.11 Å². The minimum Gasteiger partial charge on any atom is -0.422 e. The van der Waals surface area contributed by atoms with Crippen molar-refractivity contribution in [3.8, 4) is 0 Å². The summed E-state index contributed by atoms with van der Waals surface area (Å²) in [5, 5.41) is 3.47. The number of likely N-dealkylation sites (N-methyl/N-ethyl adjacent to an activating group) is 1. The molecule has 8 heteroatoms. The third-order valence-corrected chi connectivity index (χ3v) is 6.81. The number of hydrogen-bond donors (Lipinski definition) is 1. The molecule has 1 N–H and O–H groups in total. The van der Waals surface area contributed by atoms with Gasteiger partial charge in [0, 0.05) is 36.3 Å². The number of nitrogens with zero attached hydrogens (tertiary/aromatic N) is 2. The van der Waals surface area contributed by atoms with Crippen LogP contribution in [-0.4, -0.2) is 41.5 Å². The van der Waals surface area contributed by atoms with Crippen LogP contribution in [0.1, 0.15) is 42.0 Å². The van der Waals surface area contributed by atoms with E-state index in [1.165, 1.54) is 22.2 Å². The standard InChI is InChI=1S/C23H23N3O4S/c1-3-26-21(28)17(20(27)24-23(26)31)11-16-12(2)15-10-13-6-4-8-25-9-5-7-14(18(13)25)19(15)30-22(16)29/h10-11H,3-9H2,1-2H3,(H,24,27,31). The van der Waals surface area contributed by atoms with Gasteiger partial charge in [-0.1, -0.05) is 0 Å². The highest BCUT2D eigenvalue weighted by molar-refractivity contribution is 7.80. The van der Waals surface area contributed by atoms with Crippen LogP contribution in [0.15, 0.2) is 20.9 Å². The molecule has 2 aromatic rings. The van der Waals surface area contributed by atoms with E-state index >= 15 is 0 Å². The van der Waals surface area contributed by atoms with Gasteiger partial charge >= 0.3 is 5.63 Å². The Labute approximate surface area is 184 Å². The van der Waals surface area contributed by atoms with Crippen molar-refractivity contribution in [2.24, 2.45) is 0 Å². The van der Waals surface area contributed by atoms with Gasteiger partial charge in [-0.15, -0.1) is 0 Å². The minimum absolute atomic E-state index is 0.0761. The summed E-state index contributed by atoms with van der Waals surface area (Å²) in [6, 6.07) is 2.11. The van der Waals surface area contributed by atoms with Gasteiger partial charge in [-0.25, -0.2) is 4.79 Å². The fourth-order valence-electron chi connectivity index (χ4n) is 4.96. The van der Waals surface area contributed by atoms with Gasteiger partial charge in [0.25, 0.3) is 11.8 Å². The first-order valence-corrected chi connectivity index (χ1v) is 11.1. The second-order valence-corrected chi connectivity index (χ2v) is 8.62. The van der Waals surface area contributed by atoms with E-state index in [-0.39, 0.29) is 16.2 Å². The first-order chi connectivity index (χ1) is 14.9. The molecule has 7 nitrogen and oxygen atoms in total. The molecule has 3 aliphatic heterocycles. The molecular weight excluding hydrogens is 414 g/mol. The summed E-state index contributed by atoms with van der Waals surface area (Å²) in [6.45, 7) is 6.01. The number of carbonyl (C=O) groups excluding carboxylic acids is 2. The van der Waals surface area contributed by atoms with Crippen LogP contribution in [0.4, 0.5) is 5.69 Å². The van der Waals surface area contributed by atoms with E-state index in [4.69, 9.17) is 16.6 Å². The van der Waals surface area contributed by atoms with Gasteiger partial charge in [0.05, 0.1) is 5.56 Å². The second-order valence-electron chi connectivity index (χ2n) is 8.23. The van der Waals surface area contributed by atoms with E-state index in [1.807, 2.05) is 6.92 Å². The predicted octanol–water partition coefficient (Wildman–Crippen LogP) is 2.45. The van der Waals surface area contributed by atoms with E-state index in [0.717, 1.165) is 55.3 Å². The van der Waals surface area contributed by atoms with Crippen molar-refractivity contribution in [1.82, 2.24) is 10.2 Å². The molecule has 1 saturated heterocycles. The Morgan fingerprint density at radius 2 is 1.94 bits per heavy atom. The van der Waals surface area contributed by atoms with Crippen molar-refractivity contribution in [2.45, 2.75) is 39.5 Å². The molecular formula is C23H23N3O4S. The van der Waals surface area contributed by atoms with E-state index < -0.39 is 17.4 Å². The molecule has 0 radical (unpaired) electrons. The molecule has 1 aromatic heterocycles. The Balaban J connectivity index is 1.71. The van der Waals surface area contributed by atoms with Gasteiger partial charge in [0.1, 0.15) is 11.2 Å². The van der Waals surface area contributed by atoms with Crippen LogP contribution in [0, 0.1) is 6.92 Å². The quantitative estimate of drug-likeness (QED) is 0.336. The molecule has 2 amide bonds. The molecule has 3 aliphatic rings. The fraction of sp³-hybridized carbons (Fsp3) is 0.391. The van der Waals surface area contributed by atoms with Crippen molar-refractivity contribution in [3.05, 3.63) is 44.3 Å². The minimum atomic E-state index is -0.602. The monoisotopic (exact) mass is 437 g/mol. The number of anilines is 1. The first-order valence-electron chi connectivity index (χ1n) is 10.7. The second kappa shape index (κ2) is 7.30. The first kappa shape index (κ1) is 19.9. The van der Waals surface area contributed by atoms with Crippen molar-refractivity contribution in [2.75, 3.05) is 24.5 Å². The zero-order valence-electron chi connectivity index (χ0n) is 17.5. The van der Waals surface area contributed by atoms with E-state index in [1.54, 1.807) is 6.92 Å². The molecule has 0 aliphatic carbocycles. The molecule has 0 unspecified atom stereocenters. The Morgan fingerprint density at radius 1 is 1.19 bits per heavy atom. The average molecular weight is 438 g/mol. The summed E-state index contributed by atoms with van der Waals surface area (Å²) in [4.78, 5) is 41.9. The summed E-state index contributed by atoms with van der Waals surface area (Å²) < 4.78 is 5.82. The lowest BCUT2D eigenvalue weighted by Gasteiger charge is -2.37. The summed E-state index contributed by atoms with van der Waals surface area (Å²) in [7, 11) is 0. The lowest BCUT2D eigenvalue weighted by Crippen LogP contribution is -2.53. The van der Waals surface area contributed by atoms with Gasteiger partial charge in [-0.2, -0.15) is 0 Å². The maximum absolute atomic E-state index is 13.0. The van der Waals surface area contributed by atoms with E-state index in [2.05, 4.69) is 16.3 Å². The number of nitrogens with one attached hydrogen (secondary N) is 1. The molecule has 0 atom stereocenters. The van der Waals surface area contributed by atoms with Crippen molar-refractivity contribution in [3.63, 3.8) is 0 Å². The number of thiocarbonyl (C=S) groups is 1. The molecule has 5 rings (SSSR count). The number of hydrogen-bond acceptors (Lipinski definition) is 6. The summed E-state index contributed by atoms with van der Waals surface area (Å²) >= 11 is 5.07. The van der Waals surface area contributed by atoms with Crippen molar-refractivity contribution in [1.29, 1.82) is 0 Å². The molecule has 1 fully saturated rings. The molecule has 0 saturated carbocycles. The number of carbonyl (C=O) groups is 2.